The van der Waals surface area contributed by atoms with E-state index in [1.165, 1.54) is 5.56 Å². The minimum Gasteiger partial charge on any atom is -0.323 e. The molecule has 0 aliphatic rings. The molecular formula is C23H30N2O. The van der Waals surface area contributed by atoms with Crippen LogP contribution in [0.4, 0.5) is 0 Å². The molecule has 2 N–H and O–H groups in total. The average Bonchev–Trinajstić information content (AvgIpc) is 2.61. The van der Waals surface area contributed by atoms with Crippen LogP contribution in [0.2, 0.25) is 0 Å². The van der Waals surface area contributed by atoms with Gasteiger partial charge in [0.15, 0.2) is 0 Å². The lowest BCUT2D eigenvalue weighted by molar-refractivity contribution is 0.106. The van der Waals surface area contributed by atoms with Gasteiger partial charge < -0.3 is 5.84 Å². The number of carbonyl (C=O) groups excluding carboxylic acids is 1. The first-order valence-electron chi connectivity index (χ1n) is 9.33. The first-order chi connectivity index (χ1) is 12.3. The van der Waals surface area contributed by atoms with Gasteiger partial charge >= 0.3 is 0 Å². The van der Waals surface area contributed by atoms with Gasteiger partial charge in [0.2, 0.25) is 5.78 Å². The van der Waals surface area contributed by atoms with Crippen molar-refractivity contribution < 1.29 is 4.79 Å². The third-order valence-corrected chi connectivity index (χ3v) is 4.75. The normalized spacial score (nSPS) is 12.3. The standard InChI is InChI=1S/C23H30N2O/c1-14(2)18-12-19(15(3)4)21(20(13-18)16(5)6)23(26)22(25-24)17-10-8-7-9-11-17/h7-16H,24H2,1-6H3/b25-22+. The largest absolute Gasteiger partial charge is 0.323 e. The summed E-state index contributed by atoms with van der Waals surface area (Å²) in [6.07, 6.45) is 0. The van der Waals surface area contributed by atoms with Crippen molar-refractivity contribution in [1.82, 2.24) is 0 Å². The summed E-state index contributed by atoms with van der Waals surface area (Å²) < 4.78 is 0. The molecule has 0 amide bonds. The van der Waals surface area contributed by atoms with Gasteiger partial charge in [-0.15, -0.1) is 0 Å². The maximum absolute atomic E-state index is 13.5. The van der Waals surface area contributed by atoms with Gasteiger partial charge in [-0.3, -0.25) is 4.79 Å². The van der Waals surface area contributed by atoms with Crippen molar-refractivity contribution in [3.8, 4) is 0 Å². The summed E-state index contributed by atoms with van der Waals surface area (Å²) in [6.45, 7) is 12.9. The number of nitrogens with two attached hydrogens (primary N) is 1. The summed E-state index contributed by atoms with van der Waals surface area (Å²) >= 11 is 0. The van der Waals surface area contributed by atoms with Crippen molar-refractivity contribution in [3.63, 3.8) is 0 Å². The number of hydrazone groups is 1. The molecule has 3 heteroatoms. The van der Waals surface area contributed by atoms with Crippen LogP contribution in [0.1, 0.15) is 91.9 Å². The van der Waals surface area contributed by atoms with Crippen LogP contribution in [0, 0.1) is 0 Å². The Kier molecular flexibility index (Phi) is 6.36. The SMILES string of the molecule is CC(C)c1cc(C(C)C)c(C(=O)/C(=N/N)c2ccccc2)c(C(C)C)c1. The average molecular weight is 351 g/mol. The molecule has 0 radical (unpaired) electrons. The van der Waals surface area contributed by atoms with Crippen LogP contribution >= 0.6 is 0 Å². The second kappa shape index (κ2) is 8.31. The molecule has 0 fully saturated rings. The lowest BCUT2D eigenvalue weighted by atomic mass is 9.81. The second-order valence-corrected chi connectivity index (χ2v) is 7.71. The van der Waals surface area contributed by atoms with Crippen molar-refractivity contribution in [2.24, 2.45) is 10.9 Å². The Labute approximate surface area is 157 Å². The number of benzene rings is 2. The van der Waals surface area contributed by atoms with Crippen LogP contribution in [-0.4, -0.2) is 11.5 Å². The Morgan fingerprint density at radius 3 is 1.73 bits per heavy atom. The fourth-order valence-electron chi connectivity index (χ4n) is 3.20. The fraction of sp³-hybridized carbons (Fsp3) is 0.391. The Morgan fingerprint density at radius 2 is 1.35 bits per heavy atom. The highest BCUT2D eigenvalue weighted by molar-refractivity contribution is 6.52. The van der Waals surface area contributed by atoms with Crippen LogP contribution in [0.3, 0.4) is 0 Å². The molecule has 2 rings (SSSR count). The maximum atomic E-state index is 13.5. The molecule has 0 aliphatic heterocycles. The number of hydrogen-bond donors (Lipinski definition) is 1. The number of Topliss-reactive ketones (excluding diaryl/α,β-unsaturated/α-hetero) is 1. The Hall–Kier alpha value is -2.42. The number of carbonyl (C=O) groups is 1. The van der Waals surface area contributed by atoms with Crippen molar-refractivity contribution in [3.05, 3.63) is 70.3 Å². The van der Waals surface area contributed by atoms with Crippen LogP contribution < -0.4 is 5.84 Å². The summed E-state index contributed by atoms with van der Waals surface area (Å²) in [6, 6.07) is 13.8. The van der Waals surface area contributed by atoms with E-state index in [4.69, 9.17) is 5.84 Å². The Balaban J connectivity index is 2.72. The number of nitrogens with zero attached hydrogens (tertiary/aromatic N) is 1. The van der Waals surface area contributed by atoms with Gasteiger partial charge in [0, 0.05) is 11.1 Å². The minimum atomic E-state index is -0.0959. The predicted octanol–water partition coefficient (Wildman–Crippen LogP) is 5.60. The zero-order valence-corrected chi connectivity index (χ0v) is 16.7. The molecule has 3 nitrogen and oxygen atoms in total. The Morgan fingerprint density at radius 1 is 0.846 bits per heavy atom. The van der Waals surface area contributed by atoms with Crippen molar-refractivity contribution in [2.45, 2.75) is 59.3 Å². The topological polar surface area (TPSA) is 55.5 Å². The quantitative estimate of drug-likeness (QED) is 0.319. The van der Waals surface area contributed by atoms with Gasteiger partial charge in [-0.25, -0.2) is 0 Å². The van der Waals surface area contributed by atoms with Crippen LogP contribution in [-0.2, 0) is 0 Å². The van der Waals surface area contributed by atoms with Gasteiger partial charge in [0.1, 0.15) is 5.71 Å². The van der Waals surface area contributed by atoms with Crippen molar-refractivity contribution in [2.75, 3.05) is 0 Å². The molecule has 2 aromatic rings. The highest BCUT2D eigenvalue weighted by atomic mass is 16.1. The fourth-order valence-corrected chi connectivity index (χ4v) is 3.20. The molecule has 0 saturated carbocycles. The third kappa shape index (κ3) is 4.04. The summed E-state index contributed by atoms with van der Waals surface area (Å²) in [7, 11) is 0. The highest BCUT2D eigenvalue weighted by Gasteiger charge is 2.26. The summed E-state index contributed by atoms with van der Waals surface area (Å²) in [5, 5.41) is 3.86. The van der Waals surface area contributed by atoms with Gasteiger partial charge in [0.05, 0.1) is 0 Å². The summed E-state index contributed by atoms with van der Waals surface area (Å²) in [5.74, 6) is 6.43. The van der Waals surface area contributed by atoms with Gasteiger partial charge in [0.25, 0.3) is 0 Å². The second-order valence-electron chi connectivity index (χ2n) is 7.71. The molecule has 0 aliphatic carbocycles. The molecule has 0 heterocycles. The van der Waals surface area contributed by atoms with E-state index in [0.717, 1.165) is 22.3 Å². The van der Waals surface area contributed by atoms with Crippen LogP contribution in [0.15, 0.2) is 47.6 Å². The predicted molar refractivity (Wildman–Crippen MR) is 110 cm³/mol. The van der Waals surface area contributed by atoms with Crippen LogP contribution in [0.25, 0.3) is 0 Å². The van der Waals surface area contributed by atoms with Crippen molar-refractivity contribution >= 4 is 11.5 Å². The molecule has 138 valence electrons. The van der Waals surface area contributed by atoms with E-state index in [0.29, 0.717) is 11.6 Å². The number of ketones is 1. The first-order valence-corrected chi connectivity index (χ1v) is 9.33. The molecule has 0 saturated heterocycles. The van der Waals surface area contributed by atoms with E-state index in [2.05, 4.69) is 58.8 Å². The maximum Gasteiger partial charge on any atom is 0.214 e. The lowest BCUT2D eigenvalue weighted by Gasteiger charge is -2.22. The van der Waals surface area contributed by atoms with E-state index in [1.807, 2.05) is 30.3 Å². The number of hydrogen-bond acceptors (Lipinski definition) is 3. The highest BCUT2D eigenvalue weighted by Crippen LogP contribution is 2.33. The third-order valence-electron chi connectivity index (χ3n) is 4.75. The summed E-state index contributed by atoms with van der Waals surface area (Å²) in [5.41, 5.74) is 5.22. The van der Waals surface area contributed by atoms with E-state index < -0.39 is 0 Å². The minimum absolute atomic E-state index is 0.0959. The molecule has 0 spiro atoms. The number of rotatable bonds is 6. The monoisotopic (exact) mass is 350 g/mol. The molecule has 0 aromatic heterocycles. The van der Waals surface area contributed by atoms with E-state index in [9.17, 15) is 4.79 Å². The van der Waals surface area contributed by atoms with Gasteiger partial charge in [-0.2, -0.15) is 5.10 Å². The van der Waals surface area contributed by atoms with E-state index in [1.54, 1.807) is 0 Å². The smallest absolute Gasteiger partial charge is 0.214 e. The molecular weight excluding hydrogens is 320 g/mol. The zero-order valence-electron chi connectivity index (χ0n) is 16.7. The molecule has 0 unspecified atom stereocenters. The first kappa shape index (κ1) is 19.9. The van der Waals surface area contributed by atoms with Gasteiger partial charge in [-0.1, -0.05) is 84.0 Å². The van der Waals surface area contributed by atoms with Gasteiger partial charge in [-0.05, 0) is 34.4 Å². The lowest BCUT2D eigenvalue weighted by Crippen LogP contribution is -2.22. The Bertz CT molecular complexity index is 773. The van der Waals surface area contributed by atoms with E-state index in [-0.39, 0.29) is 17.6 Å². The van der Waals surface area contributed by atoms with E-state index >= 15 is 0 Å². The zero-order chi connectivity index (χ0) is 19.4. The van der Waals surface area contributed by atoms with Crippen LogP contribution in [0.5, 0.6) is 0 Å². The van der Waals surface area contributed by atoms with Crippen molar-refractivity contribution in [1.29, 1.82) is 0 Å². The molecule has 0 atom stereocenters. The molecule has 2 aromatic carbocycles. The summed E-state index contributed by atoms with van der Waals surface area (Å²) in [4.78, 5) is 13.5. The molecule has 26 heavy (non-hydrogen) atoms. The molecule has 0 bridgehead atoms.